The summed E-state index contributed by atoms with van der Waals surface area (Å²) in [6.07, 6.45) is 0. The fourth-order valence-electron chi connectivity index (χ4n) is 0.742. The summed E-state index contributed by atoms with van der Waals surface area (Å²) in [4.78, 5) is 10.4. The van der Waals surface area contributed by atoms with Crippen LogP contribution in [0.4, 0.5) is 5.69 Å². The number of carboxylic acids is 1. The van der Waals surface area contributed by atoms with Crippen LogP contribution in [0.15, 0.2) is 29.4 Å². The van der Waals surface area contributed by atoms with Gasteiger partial charge in [0, 0.05) is 0 Å². The van der Waals surface area contributed by atoms with Gasteiger partial charge in [0.25, 0.3) is 0 Å². The predicted molar refractivity (Wildman–Crippen MR) is 37.6 cm³/mol. The lowest BCUT2D eigenvalue weighted by molar-refractivity contribution is 0.0698. The van der Waals surface area contributed by atoms with Crippen LogP contribution < -0.4 is 5.53 Å². The van der Waals surface area contributed by atoms with Crippen molar-refractivity contribution in [3.63, 3.8) is 0 Å². The standard InChI is InChI=1S/C7H5N2O2/c8-9-6-4-2-1-3-5(6)7(10)11/h1-4H,(H,10,11). The van der Waals surface area contributed by atoms with E-state index in [1.54, 1.807) is 12.1 Å². The van der Waals surface area contributed by atoms with Gasteiger partial charge in [0.2, 0.25) is 0 Å². The number of nitrogens with zero attached hydrogens (tertiary/aromatic N) is 2. The molecule has 55 valence electrons. The molecule has 1 N–H and O–H groups in total. The minimum absolute atomic E-state index is 0.00463. The minimum Gasteiger partial charge on any atom is -0.478 e. The van der Waals surface area contributed by atoms with Crippen LogP contribution >= 0.6 is 0 Å². The van der Waals surface area contributed by atoms with E-state index in [1.165, 1.54) is 12.1 Å². The van der Waals surface area contributed by atoms with Crippen LogP contribution in [0.2, 0.25) is 0 Å². The highest BCUT2D eigenvalue weighted by atomic mass is 16.4. The van der Waals surface area contributed by atoms with Gasteiger partial charge >= 0.3 is 5.97 Å². The van der Waals surface area contributed by atoms with Gasteiger partial charge in [0.15, 0.2) is 0 Å². The topological polar surface area (TPSA) is 72.0 Å². The summed E-state index contributed by atoms with van der Waals surface area (Å²) in [6.45, 7) is 0. The summed E-state index contributed by atoms with van der Waals surface area (Å²) >= 11 is 0. The van der Waals surface area contributed by atoms with E-state index in [2.05, 4.69) is 5.11 Å². The van der Waals surface area contributed by atoms with E-state index in [4.69, 9.17) is 10.6 Å². The Labute approximate surface area is 63.0 Å². The fraction of sp³-hybridized carbons (Fsp3) is 0. The van der Waals surface area contributed by atoms with Crippen LogP contribution in [-0.2, 0) is 0 Å². The Morgan fingerprint density at radius 1 is 1.45 bits per heavy atom. The third-order valence-corrected chi connectivity index (χ3v) is 1.24. The number of hydrogen-bond donors (Lipinski definition) is 1. The SMILES string of the molecule is [N]=Nc1ccccc1C(=O)O. The molecule has 0 saturated carbocycles. The molecule has 1 rings (SSSR count). The van der Waals surface area contributed by atoms with Crippen molar-refractivity contribution in [1.29, 1.82) is 0 Å². The van der Waals surface area contributed by atoms with Crippen LogP contribution in [0.3, 0.4) is 0 Å². The van der Waals surface area contributed by atoms with Crippen molar-refractivity contribution in [3.05, 3.63) is 29.8 Å². The van der Waals surface area contributed by atoms with E-state index < -0.39 is 5.97 Å². The maximum Gasteiger partial charge on any atom is 0.337 e. The number of carboxylic acid groups (broad SMARTS) is 1. The van der Waals surface area contributed by atoms with E-state index in [9.17, 15) is 4.79 Å². The molecule has 0 unspecified atom stereocenters. The van der Waals surface area contributed by atoms with Crippen LogP contribution in [0.1, 0.15) is 10.4 Å². The first-order chi connectivity index (χ1) is 5.25. The highest BCUT2D eigenvalue weighted by molar-refractivity contribution is 5.93. The minimum atomic E-state index is -1.10. The van der Waals surface area contributed by atoms with Gasteiger partial charge in [-0.05, 0) is 17.7 Å². The van der Waals surface area contributed by atoms with Crippen molar-refractivity contribution in [2.24, 2.45) is 5.11 Å². The summed E-state index contributed by atoms with van der Waals surface area (Å²) in [7, 11) is 0. The van der Waals surface area contributed by atoms with Crippen molar-refractivity contribution < 1.29 is 9.90 Å². The first-order valence-corrected chi connectivity index (χ1v) is 2.93. The second-order valence-corrected chi connectivity index (χ2v) is 1.92. The van der Waals surface area contributed by atoms with Gasteiger partial charge in [-0.1, -0.05) is 12.1 Å². The molecule has 1 aromatic rings. The van der Waals surface area contributed by atoms with Crippen molar-refractivity contribution in [1.82, 2.24) is 5.53 Å². The molecule has 0 heterocycles. The quantitative estimate of drug-likeness (QED) is 0.643. The Morgan fingerprint density at radius 3 is 2.55 bits per heavy atom. The lowest BCUT2D eigenvalue weighted by atomic mass is 10.2. The highest BCUT2D eigenvalue weighted by Gasteiger charge is 2.06. The zero-order valence-electron chi connectivity index (χ0n) is 5.56. The Morgan fingerprint density at radius 2 is 2.09 bits per heavy atom. The van der Waals surface area contributed by atoms with Gasteiger partial charge in [-0.3, -0.25) is 0 Å². The fourth-order valence-corrected chi connectivity index (χ4v) is 0.742. The summed E-state index contributed by atoms with van der Waals surface area (Å²) in [6, 6.07) is 5.96. The summed E-state index contributed by atoms with van der Waals surface area (Å²) in [5.41, 5.74) is 8.39. The first-order valence-electron chi connectivity index (χ1n) is 2.93. The van der Waals surface area contributed by atoms with Crippen molar-refractivity contribution in [2.45, 2.75) is 0 Å². The molecule has 0 spiro atoms. The van der Waals surface area contributed by atoms with Gasteiger partial charge in [0.1, 0.15) is 5.69 Å². The van der Waals surface area contributed by atoms with Gasteiger partial charge < -0.3 is 5.11 Å². The molecular formula is C7H5N2O2. The highest BCUT2D eigenvalue weighted by Crippen LogP contribution is 2.16. The third kappa shape index (κ3) is 1.40. The summed E-state index contributed by atoms with van der Waals surface area (Å²) < 4.78 is 0. The molecule has 11 heavy (non-hydrogen) atoms. The molecule has 0 aliphatic carbocycles. The number of hydrogen-bond acceptors (Lipinski definition) is 2. The van der Waals surface area contributed by atoms with Gasteiger partial charge in [-0.15, -0.1) is 5.11 Å². The second-order valence-electron chi connectivity index (χ2n) is 1.92. The Kier molecular flexibility index (Phi) is 1.96. The molecule has 0 aliphatic rings. The van der Waals surface area contributed by atoms with E-state index in [0.717, 1.165) is 0 Å². The molecule has 0 amide bonds. The zero-order valence-corrected chi connectivity index (χ0v) is 5.56. The Bertz CT molecular complexity index is 296. The maximum absolute atomic E-state index is 10.4. The van der Waals surface area contributed by atoms with Crippen LogP contribution in [0.5, 0.6) is 0 Å². The van der Waals surface area contributed by atoms with E-state index in [-0.39, 0.29) is 11.3 Å². The zero-order chi connectivity index (χ0) is 8.27. The average Bonchev–Trinajstić information content (AvgIpc) is 2.04. The molecule has 0 aliphatic heterocycles. The molecule has 1 radical (unpaired) electrons. The molecular weight excluding hydrogens is 144 g/mol. The molecule has 4 heteroatoms. The lowest BCUT2D eigenvalue weighted by Crippen LogP contribution is -1.95. The maximum atomic E-state index is 10.4. The number of carbonyl (C=O) groups is 1. The van der Waals surface area contributed by atoms with Crippen molar-refractivity contribution in [2.75, 3.05) is 0 Å². The van der Waals surface area contributed by atoms with Gasteiger partial charge in [0.05, 0.1) is 5.56 Å². The molecule has 0 bridgehead atoms. The lowest BCUT2D eigenvalue weighted by Gasteiger charge is -1.95. The second kappa shape index (κ2) is 2.92. The monoisotopic (exact) mass is 149 g/mol. The van der Waals surface area contributed by atoms with Crippen LogP contribution in [0.25, 0.3) is 0 Å². The van der Waals surface area contributed by atoms with E-state index in [1.807, 2.05) is 0 Å². The smallest absolute Gasteiger partial charge is 0.337 e. The molecule has 0 aromatic heterocycles. The average molecular weight is 149 g/mol. The van der Waals surface area contributed by atoms with Crippen molar-refractivity contribution >= 4 is 11.7 Å². The molecule has 1 aromatic carbocycles. The molecule has 0 atom stereocenters. The largest absolute Gasteiger partial charge is 0.478 e. The van der Waals surface area contributed by atoms with Crippen LogP contribution in [-0.4, -0.2) is 11.1 Å². The Hall–Kier alpha value is -1.71. The third-order valence-electron chi connectivity index (χ3n) is 1.24. The normalized spacial score (nSPS) is 9.09. The molecule has 0 saturated heterocycles. The predicted octanol–water partition coefficient (Wildman–Crippen LogP) is 1.27. The van der Waals surface area contributed by atoms with Crippen molar-refractivity contribution in [3.8, 4) is 0 Å². The molecule has 4 nitrogen and oxygen atoms in total. The Balaban J connectivity index is 3.22. The first kappa shape index (κ1) is 7.40. The summed E-state index contributed by atoms with van der Waals surface area (Å²) in [5.74, 6) is -1.10. The van der Waals surface area contributed by atoms with Gasteiger partial charge in [-0.2, -0.15) is 0 Å². The van der Waals surface area contributed by atoms with Gasteiger partial charge in [-0.25, -0.2) is 4.79 Å². The number of rotatable bonds is 2. The number of benzene rings is 1. The van der Waals surface area contributed by atoms with Crippen LogP contribution in [0, 0.1) is 0 Å². The number of aromatic carboxylic acids is 1. The van der Waals surface area contributed by atoms with E-state index >= 15 is 0 Å². The van der Waals surface area contributed by atoms with E-state index in [0.29, 0.717) is 0 Å². The molecule has 0 fully saturated rings. The summed E-state index contributed by atoms with van der Waals surface area (Å²) in [5, 5.41) is 11.3.